The molecule has 0 radical (unpaired) electrons. The van der Waals surface area contributed by atoms with E-state index in [-0.39, 0.29) is 36.5 Å². The number of hydrogen-bond acceptors (Lipinski definition) is 6. The van der Waals surface area contributed by atoms with E-state index in [1.807, 2.05) is 91.0 Å². The second-order valence-corrected chi connectivity index (χ2v) is 11.7. The van der Waals surface area contributed by atoms with E-state index in [0.29, 0.717) is 42.3 Å². The van der Waals surface area contributed by atoms with Crippen LogP contribution in [0.2, 0.25) is 0 Å². The van der Waals surface area contributed by atoms with Crippen molar-refractivity contribution in [2.75, 3.05) is 23.7 Å². The number of anilines is 2. The van der Waals surface area contributed by atoms with E-state index in [9.17, 15) is 19.2 Å². The van der Waals surface area contributed by atoms with E-state index in [4.69, 9.17) is 0 Å². The maximum atomic E-state index is 13.1. The SMILES string of the molecule is O=C(Nc1ccc(/C=C/c2ccc(NC(=O)[C@@H]3CCCN3C(=O)Cc3ccccn3)cc2)cc1)[C@@H]1C=CCN1C(=O)Cc1ccccn1. The first-order valence-electron chi connectivity index (χ1n) is 16.0. The van der Waals surface area contributed by atoms with Crippen LogP contribution in [0.1, 0.15) is 35.4 Å². The second kappa shape index (κ2) is 15.1. The number of rotatable bonds is 10. The third-order valence-corrected chi connectivity index (χ3v) is 8.36. The largest absolute Gasteiger partial charge is 0.330 e. The third kappa shape index (κ3) is 8.08. The first-order valence-corrected chi connectivity index (χ1v) is 16.0. The van der Waals surface area contributed by atoms with Crippen molar-refractivity contribution in [1.82, 2.24) is 19.8 Å². The van der Waals surface area contributed by atoms with Crippen LogP contribution in [0, 0.1) is 0 Å². The average Bonchev–Trinajstić information content (AvgIpc) is 3.81. The van der Waals surface area contributed by atoms with Gasteiger partial charge in [-0.15, -0.1) is 0 Å². The van der Waals surface area contributed by atoms with Crippen LogP contribution in [0.25, 0.3) is 12.2 Å². The quantitative estimate of drug-likeness (QED) is 0.190. The first-order chi connectivity index (χ1) is 23.4. The summed E-state index contributed by atoms with van der Waals surface area (Å²) < 4.78 is 0. The first kappa shape index (κ1) is 32.1. The number of pyridine rings is 2. The monoisotopic (exact) mass is 640 g/mol. The van der Waals surface area contributed by atoms with Crippen LogP contribution in [0.3, 0.4) is 0 Å². The molecule has 2 atom stereocenters. The topological polar surface area (TPSA) is 125 Å². The summed E-state index contributed by atoms with van der Waals surface area (Å²) in [6, 6.07) is 24.7. The van der Waals surface area contributed by atoms with Crippen LogP contribution >= 0.6 is 0 Å². The highest BCUT2D eigenvalue weighted by Gasteiger charge is 2.34. The van der Waals surface area contributed by atoms with Crippen LogP contribution in [0.15, 0.2) is 109 Å². The van der Waals surface area contributed by atoms with Gasteiger partial charge in [-0.05, 0) is 72.5 Å². The van der Waals surface area contributed by atoms with Crippen LogP contribution in [-0.4, -0.2) is 68.6 Å². The maximum Gasteiger partial charge on any atom is 0.251 e. The highest BCUT2D eigenvalue weighted by Crippen LogP contribution is 2.22. The van der Waals surface area contributed by atoms with Gasteiger partial charge in [0.25, 0.3) is 5.91 Å². The predicted molar refractivity (Wildman–Crippen MR) is 184 cm³/mol. The lowest BCUT2D eigenvalue weighted by Crippen LogP contribution is -2.44. The van der Waals surface area contributed by atoms with Crippen molar-refractivity contribution in [2.45, 2.75) is 37.8 Å². The Kier molecular flexibility index (Phi) is 10.1. The lowest BCUT2D eigenvalue weighted by Gasteiger charge is -2.24. The smallest absolute Gasteiger partial charge is 0.251 e. The summed E-state index contributed by atoms with van der Waals surface area (Å²) in [5.41, 5.74) is 4.54. The molecule has 48 heavy (non-hydrogen) atoms. The zero-order chi connectivity index (χ0) is 33.3. The third-order valence-electron chi connectivity index (χ3n) is 8.36. The molecule has 4 amide bonds. The summed E-state index contributed by atoms with van der Waals surface area (Å²) in [5.74, 6) is -0.710. The van der Waals surface area contributed by atoms with E-state index in [1.54, 1.807) is 40.4 Å². The molecule has 6 rings (SSSR count). The second-order valence-electron chi connectivity index (χ2n) is 11.7. The summed E-state index contributed by atoms with van der Waals surface area (Å²) in [6.45, 7) is 0.944. The molecular formula is C38H36N6O4. The van der Waals surface area contributed by atoms with Gasteiger partial charge in [0.1, 0.15) is 12.1 Å². The molecular weight excluding hydrogens is 604 g/mol. The molecule has 242 valence electrons. The molecule has 0 unspecified atom stereocenters. The minimum atomic E-state index is -0.676. The minimum absolute atomic E-state index is 0.0937. The molecule has 2 aliphatic rings. The number of carbonyl (C=O) groups is 4. The highest BCUT2D eigenvalue weighted by atomic mass is 16.2. The van der Waals surface area contributed by atoms with Gasteiger partial charge in [0.15, 0.2) is 0 Å². The molecule has 4 heterocycles. The molecule has 10 nitrogen and oxygen atoms in total. The van der Waals surface area contributed by atoms with Crippen molar-refractivity contribution in [3.05, 3.63) is 132 Å². The molecule has 1 saturated heterocycles. The minimum Gasteiger partial charge on any atom is -0.330 e. The number of hydrogen-bond donors (Lipinski definition) is 2. The summed E-state index contributed by atoms with van der Waals surface area (Å²) in [6.07, 6.45) is 12.5. The van der Waals surface area contributed by atoms with Crippen molar-refractivity contribution in [3.63, 3.8) is 0 Å². The zero-order valence-electron chi connectivity index (χ0n) is 26.4. The Balaban J connectivity index is 0.987. The van der Waals surface area contributed by atoms with E-state index < -0.39 is 12.1 Å². The lowest BCUT2D eigenvalue weighted by atomic mass is 10.1. The van der Waals surface area contributed by atoms with E-state index in [1.165, 1.54) is 0 Å². The summed E-state index contributed by atoms with van der Waals surface area (Å²) in [7, 11) is 0. The van der Waals surface area contributed by atoms with Crippen molar-refractivity contribution < 1.29 is 19.2 Å². The van der Waals surface area contributed by atoms with Crippen molar-refractivity contribution in [2.24, 2.45) is 0 Å². The fourth-order valence-corrected chi connectivity index (χ4v) is 5.85. The molecule has 0 bridgehead atoms. The molecule has 2 aromatic carbocycles. The molecule has 1 fully saturated rings. The van der Waals surface area contributed by atoms with Crippen LogP contribution < -0.4 is 10.6 Å². The molecule has 2 N–H and O–H groups in total. The number of nitrogens with one attached hydrogen (secondary N) is 2. The number of benzene rings is 2. The highest BCUT2D eigenvalue weighted by molar-refractivity contribution is 5.99. The zero-order valence-corrected chi connectivity index (χ0v) is 26.4. The summed E-state index contributed by atoms with van der Waals surface area (Å²) >= 11 is 0. The Morgan fingerprint density at radius 3 is 1.77 bits per heavy atom. The Hall–Kier alpha value is -5.90. The van der Waals surface area contributed by atoms with E-state index in [2.05, 4.69) is 20.6 Å². The van der Waals surface area contributed by atoms with Gasteiger partial charge in [0, 0.05) is 48.2 Å². The fourth-order valence-electron chi connectivity index (χ4n) is 5.85. The maximum absolute atomic E-state index is 13.1. The number of aromatic nitrogens is 2. The van der Waals surface area contributed by atoms with Crippen LogP contribution in [0.4, 0.5) is 11.4 Å². The Morgan fingerprint density at radius 2 is 1.23 bits per heavy atom. The Morgan fingerprint density at radius 1 is 0.688 bits per heavy atom. The van der Waals surface area contributed by atoms with Gasteiger partial charge < -0.3 is 20.4 Å². The standard InChI is InChI=1S/C38H36N6O4/c45-35(25-31-7-1-3-21-39-31)43-23-5-9-33(43)37(47)41-29-17-13-27(14-18-29)11-12-28-15-19-30(20-16-28)42-38(48)34-10-6-24-44(34)36(46)26-32-8-2-4-22-40-32/h1-5,7-9,11-22,33-34H,6,10,23-26H2,(H,41,47)(H,42,48)/b12-11+/t33-,34-/m0/s1. The molecule has 0 saturated carbocycles. The molecule has 0 spiro atoms. The molecule has 2 aliphatic heterocycles. The van der Waals surface area contributed by atoms with Gasteiger partial charge in [-0.25, -0.2) is 0 Å². The van der Waals surface area contributed by atoms with Gasteiger partial charge in [-0.2, -0.15) is 0 Å². The number of carbonyl (C=O) groups excluding carboxylic acids is 4. The Labute approximate surface area is 279 Å². The van der Waals surface area contributed by atoms with Gasteiger partial charge in [0.05, 0.1) is 12.8 Å². The normalized spacial score (nSPS) is 17.1. The van der Waals surface area contributed by atoms with Gasteiger partial charge in [-0.1, -0.05) is 60.7 Å². The van der Waals surface area contributed by atoms with Crippen LogP contribution in [0.5, 0.6) is 0 Å². The predicted octanol–water partition coefficient (Wildman–Crippen LogP) is 4.77. The fraction of sp³-hybridized carbons (Fsp3) is 0.211. The molecule has 0 aliphatic carbocycles. The molecule has 4 aromatic rings. The Bertz CT molecular complexity index is 1810. The summed E-state index contributed by atoms with van der Waals surface area (Å²) in [5, 5.41) is 5.87. The van der Waals surface area contributed by atoms with Gasteiger partial charge >= 0.3 is 0 Å². The van der Waals surface area contributed by atoms with Gasteiger partial charge in [0.2, 0.25) is 17.7 Å². The van der Waals surface area contributed by atoms with E-state index >= 15 is 0 Å². The van der Waals surface area contributed by atoms with E-state index in [0.717, 1.165) is 17.5 Å². The number of amides is 4. The van der Waals surface area contributed by atoms with Crippen molar-refractivity contribution in [1.29, 1.82) is 0 Å². The average molecular weight is 641 g/mol. The van der Waals surface area contributed by atoms with Crippen molar-refractivity contribution >= 4 is 47.2 Å². The van der Waals surface area contributed by atoms with Crippen LogP contribution in [-0.2, 0) is 32.0 Å². The van der Waals surface area contributed by atoms with Gasteiger partial charge in [-0.3, -0.25) is 29.1 Å². The molecule has 2 aromatic heterocycles. The number of nitrogens with zero attached hydrogens (tertiary/aromatic N) is 4. The molecule has 10 heteroatoms. The number of likely N-dealkylation sites (tertiary alicyclic amines) is 1. The summed E-state index contributed by atoms with van der Waals surface area (Å²) in [4.78, 5) is 63.5. The lowest BCUT2D eigenvalue weighted by molar-refractivity contribution is -0.136. The van der Waals surface area contributed by atoms with Crippen molar-refractivity contribution in [3.8, 4) is 0 Å².